The van der Waals surface area contributed by atoms with Crippen LogP contribution in [0, 0.1) is 10.1 Å². The lowest BCUT2D eigenvalue weighted by Gasteiger charge is -2.25. The Morgan fingerprint density at radius 3 is 2.35 bits per heavy atom. The van der Waals surface area contributed by atoms with Crippen LogP contribution in [0.3, 0.4) is 0 Å². The Morgan fingerprint density at radius 2 is 1.91 bits per heavy atom. The SMILES string of the molecule is CCC[C@@H]([C@H](NC(=O)OC(C)(C)C)c1ccc(Cl)cc1)[N+](=O)[O-]. The molecule has 0 bridgehead atoms. The van der Waals surface area contributed by atoms with Gasteiger partial charge in [-0.1, -0.05) is 30.7 Å². The van der Waals surface area contributed by atoms with E-state index >= 15 is 0 Å². The summed E-state index contributed by atoms with van der Waals surface area (Å²) in [6.45, 7) is 7.08. The molecule has 1 rings (SSSR count). The fraction of sp³-hybridized carbons (Fsp3) is 0.562. The van der Waals surface area contributed by atoms with Crippen LogP contribution >= 0.6 is 11.6 Å². The van der Waals surface area contributed by atoms with E-state index in [9.17, 15) is 14.9 Å². The van der Waals surface area contributed by atoms with E-state index < -0.39 is 23.8 Å². The number of benzene rings is 1. The van der Waals surface area contributed by atoms with Gasteiger partial charge in [0.25, 0.3) is 0 Å². The summed E-state index contributed by atoms with van der Waals surface area (Å²) in [6, 6.07) is 4.92. The Balaban J connectivity index is 3.07. The Kier molecular flexibility index (Phi) is 6.81. The summed E-state index contributed by atoms with van der Waals surface area (Å²) in [5, 5.41) is 14.6. The summed E-state index contributed by atoms with van der Waals surface area (Å²) in [6.07, 6.45) is 0.294. The maximum Gasteiger partial charge on any atom is 0.408 e. The molecule has 0 aromatic heterocycles. The molecule has 0 radical (unpaired) electrons. The van der Waals surface area contributed by atoms with Gasteiger partial charge in [0, 0.05) is 16.4 Å². The number of alkyl carbamates (subject to hydrolysis) is 1. The van der Waals surface area contributed by atoms with Crippen molar-refractivity contribution in [2.24, 2.45) is 0 Å². The minimum Gasteiger partial charge on any atom is -0.444 e. The van der Waals surface area contributed by atoms with Gasteiger partial charge in [0.2, 0.25) is 6.04 Å². The number of ether oxygens (including phenoxy) is 1. The first-order chi connectivity index (χ1) is 10.6. The fourth-order valence-electron chi connectivity index (χ4n) is 2.20. The first kappa shape index (κ1) is 19.2. The zero-order valence-electron chi connectivity index (χ0n) is 13.8. The average Bonchev–Trinajstić information content (AvgIpc) is 2.41. The van der Waals surface area contributed by atoms with Gasteiger partial charge in [-0.05, 0) is 44.9 Å². The zero-order chi connectivity index (χ0) is 17.6. The van der Waals surface area contributed by atoms with Crippen molar-refractivity contribution in [1.82, 2.24) is 5.32 Å². The first-order valence-electron chi connectivity index (χ1n) is 7.52. The van der Waals surface area contributed by atoms with Crippen molar-refractivity contribution in [2.45, 2.75) is 58.2 Å². The summed E-state index contributed by atoms with van der Waals surface area (Å²) in [7, 11) is 0. The molecule has 7 heteroatoms. The molecule has 1 N–H and O–H groups in total. The van der Waals surface area contributed by atoms with Crippen LogP contribution in [0.5, 0.6) is 0 Å². The molecule has 0 unspecified atom stereocenters. The number of hydrogen-bond acceptors (Lipinski definition) is 4. The van der Waals surface area contributed by atoms with Gasteiger partial charge in [-0.15, -0.1) is 0 Å². The van der Waals surface area contributed by atoms with Crippen LogP contribution in [0.2, 0.25) is 5.02 Å². The number of hydrogen-bond donors (Lipinski definition) is 1. The van der Waals surface area contributed by atoms with Crippen LogP contribution in [-0.2, 0) is 4.74 Å². The lowest BCUT2D eigenvalue weighted by Crippen LogP contribution is -2.42. The second kappa shape index (κ2) is 8.15. The van der Waals surface area contributed by atoms with E-state index in [1.54, 1.807) is 45.0 Å². The van der Waals surface area contributed by atoms with E-state index in [1.807, 2.05) is 6.92 Å². The predicted octanol–water partition coefficient (Wildman–Crippen LogP) is 4.35. The molecule has 1 aromatic carbocycles. The molecule has 2 atom stereocenters. The molecular weight excluding hydrogens is 320 g/mol. The summed E-state index contributed by atoms with van der Waals surface area (Å²) >= 11 is 5.87. The third-order valence-corrected chi connectivity index (χ3v) is 3.39. The number of nitrogens with zero attached hydrogens (tertiary/aromatic N) is 1. The molecule has 0 aliphatic rings. The van der Waals surface area contributed by atoms with Gasteiger partial charge in [0.1, 0.15) is 11.6 Å². The Bertz CT molecular complexity index is 540. The molecule has 0 spiro atoms. The lowest BCUT2D eigenvalue weighted by atomic mass is 9.96. The largest absolute Gasteiger partial charge is 0.444 e. The van der Waals surface area contributed by atoms with E-state index in [0.29, 0.717) is 23.4 Å². The van der Waals surface area contributed by atoms with Gasteiger partial charge in [0.15, 0.2) is 0 Å². The monoisotopic (exact) mass is 342 g/mol. The summed E-state index contributed by atoms with van der Waals surface area (Å²) < 4.78 is 5.22. The summed E-state index contributed by atoms with van der Waals surface area (Å²) in [5.41, 5.74) is -0.0563. The number of carbonyl (C=O) groups is 1. The molecule has 1 amide bonds. The van der Waals surface area contributed by atoms with Gasteiger partial charge in [-0.25, -0.2) is 4.79 Å². The topological polar surface area (TPSA) is 81.5 Å². The number of carbonyl (C=O) groups excluding carboxylic acids is 1. The van der Waals surface area contributed by atoms with Crippen LogP contribution in [0.1, 0.15) is 52.1 Å². The van der Waals surface area contributed by atoms with E-state index in [4.69, 9.17) is 16.3 Å². The zero-order valence-corrected chi connectivity index (χ0v) is 14.6. The second-order valence-electron chi connectivity index (χ2n) is 6.32. The summed E-state index contributed by atoms with van der Waals surface area (Å²) in [4.78, 5) is 23.1. The van der Waals surface area contributed by atoms with Gasteiger partial charge in [0.05, 0.1) is 0 Å². The molecular formula is C16H23ClN2O4. The highest BCUT2D eigenvalue weighted by Gasteiger charge is 2.34. The number of halogens is 1. The molecule has 1 aromatic rings. The van der Waals surface area contributed by atoms with Crippen molar-refractivity contribution in [3.05, 3.63) is 45.0 Å². The molecule has 128 valence electrons. The minimum absolute atomic E-state index is 0.343. The quantitative estimate of drug-likeness (QED) is 0.615. The molecule has 0 aliphatic carbocycles. The van der Waals surface area contributed by atoms with E-state index in [2.05, 4.69) is 5.32 Å². The van der Waals surface area contributed by atoms with Gasteiger partial charge < -0.3 is 10.1 Å². The van der Waals surface area contributed by atoms with E-state index in [0.717, 1.165) is 0 Å². The van der Waals surface area contributed by atoms with Crippen LogP contribution in [0.15, 0.2) is 24.3 Å². The highest BCUT2D eigenvalue weighted by Crippen LogP contribution is 2.24. The fourth-order valence-corrected chi connectivity index (χ4v) is 2.32. The Labute approximate surface area is 141 Å². The van der Waals surface area contributed by atoms with Crippen molar-refractivity contribution in [3.8, 4) is 0 Å². The average molecular weight is 343 g/mol. The van der Waals surface area contributed by atoms with Crippen molar-refractivity contribution in [3.63, 3.8) is 0 Å². The van der Waals surface area contributed by atoms with Crippen molar-refractivity contribution < 1.29 is 14.5 Å². The van der Waals surface area contributed by atoms with Gasteiger partial charge in [-0.2, -0.15) is 0 Å². The normalized spacial score (nSPS) is 14.0. The molecule has 0 aliphatic heterocycles. The molecule has 6 nitrogen and oxygen atoms in total. The Hall–Kier alpha value is -1.82. The van der Waals surface area contributed by atoms with E-state index in [-0.39, 0.29) is 4.92 Å². The van der Waals surface area contributed by atoms with E-state index in [1.165, 1.54) is 0 Å². The highest BCUT2D eigenvalue weighted by molar-refractivity contribution is 6.30. The molecule has 0 heterocycles. The van der Waals surface area contributed by atoms with Crippen molar-refractivity contribution in [2.75, 3.05) is 0 Å². The molecule has 0 saturated heterocycles. The second-order valence-corrected chi connectivity index (χ2v) is 6.75. The van der Waals surface area contributed by atoms with Crippen LogP contribution in [-0.4, -0.2) is 22.7 Å². The van der Waals surface area contributed by atoms with Gasteiger partial charge in [-0.3, -0.25) is 10.1 Å². The standard InChI is InChI=1S/C16H23ClN2O4/c1-5-6-13(19(21)22)14(11-7-9-12(17)10-8-11)18-15(20)23-16(2,3)4/h7-10,13-14H,5-6H2,1-4H3,(H,18,20)/t13-,14+/m0/s1. The maximum atomic E-state index is 12.1. The third-order valence-electron chi connectivity index (χ3n) is 3.14. The number of nitro groups is 1. The molecule has 0 fully saturated rings. The number of nitrogens with one attached hydrogen (secondary N) is 1. The lowest BCUT2D eigenvalue weighted by molar-refractivity contribution is -0.528. The number of rotatable bonds is 6. The predicted molar refractivity (Wildman–Crippen MR) is 89.3 cm³/mol. The first-order valence-corrected chi connectivity index (χ1v) is 7.90. The highest BCUT2D eigenvalue weighted by atomic mass is 35.5. The van der Waals surface area contributed by atoms with Crippen LogP contribution < -0.4 is 5.32 Å². The molecule has 23 heavy (non-hydrogen) atoms. The number of amides is 1. The van der Waals surface area contributed by atoms with Gasteiger partial charge >= 0.3 is 6.09 Å². The van der Waals surface area contributed by atoms with Crippen LogP contribution in [0.25, 0.3) is 0 Å². The maximum absolute atomic E-state index is 12.1. The van der Waals surface area contributed by atoms with Crippen molar-refractivity contribution in [1.29, 1.82) is 0 Å². The smallest absolute Gasteiger partial charge is 0.408 e. The van der Waals surface area contributed by atoms with Crippen LogP contribution in [0.4, 0.5) is 4.79 Å². The minimum atomic E-state index is -0.936. The summed E-state index contributed by atoms with van der Waals surface area (Å²) in [5.74, 6) is 0. The third kappa shape index (κ3) is 6.44. The van der Waals surface area contributed by atoms with Crippen molar-refractivity contribution >= 4 is 17.7 Å². The Morgan fingerprint density at radius 1 is 1.35 bits per heavy atom. The molecule has 0 saturated carbocycles.